The maximum absolute atomic E-state index is 12.1. The fourth-order valence-electron chi connectivity index (χ4n) is 2.52. The van der Waals surface area contributed by atoms with E-state index in [1.165, 1.54) is 0 Å². The van der Waals surface area contributed by atoms with Crippen LogP contribution in [0.4, 0.5) is 16.2 Å². The van der Waals surface area contributed by atoms with E-state index in [-0.39, 0.29) is 11.9 Å². The Morgan fingerprint density at radius 3 is 2.61 bits per heavy atom. The Morgan fingerprint density at radius 1 is 1.13 bits per heavy atom. The van der Waals surface area contributed by atoms with Gasteiger partial charge < -0.3 is 10.2 Å². The van der Waals surface area contributed by atoms with Gasteiger partial charge >= 0.3 is 6.03 Å². The van der Waals surface area contributed by atoms with Crippen molar-refractivity contribution in [3.63, 3.8) is 0 Å². The van der Waals surface area contributed by atoms with Crippen LogP contribution in [0.1, 0.15) is 16.9 Å². The van der Waals surface area contributed by atoms with Gasteiger partial charge in [0.2, 0.25) is 0 Å². The summed E-state index contributed by atoms with van der Waals surface area (Å²) in [7, 11) is 1.80. The average Bonchev–Trinajstić information content (AvgIpc) is 2.59. The molecule has 1 fully saturated rings. The summed E-state index contributed by atoms with van der Waals surface area (Å²) in [5, 5.41) is 2.79. The van der Waals surface area contributed by atoms with E-state index in [0.717, 1.165) is 18.7 Å². The SMILES string of the molecule is CN1CCCN(c2ccc(NC(=O)c3ccccn3)cc2)C1=O. The molecule has 6 nitrogen and oxygen atoms in total. The zero-order valence-electron chi connectivity index (χ0n) is 12.9. The molecule has 1 N–H and O–H groups in total. The molecule has 0 saturated carbocycles. The van der Waals surface area contributed by atoms with Crippen molar-refractivity contribution in [1.29, 1.82) is 0 Å². The van der Waals surface area contributed by atoms with E-state index >= 15 is 0 Å². The maximum atomic E-state index is 12.1. The molecule has 1 aliphatic rings. The second-order valence-electron chi connectivity index (χ2n) is 5.43. The number of anilines is 2. The van der Waals surface area contributed by atoms with Crippen molar-refractivity contribution in [2.24, 2.45) is 0 Å². The monoisotopic (exact) mass is 310 g/mol. The third-order valence-corrected chi connectivity index (χ3v) is 3.77. The van der Waals surface area contributed by atoms with Crippen molar-refractivity contribution in [3.8, 4) is 0 Å². The zero-order chi connectivity index (χ0) is 16.2. The van der Waals surface area contributed by atoms with Gasteiger partial charge in [-0.1, -0.05) is 6.07 Å². The van der Waals surface area contributed by atoms with E-state index in [1.54, 1.807) is 53.4 Å². The highest BCUT2D eigenvalue weighted by molar-refractivity contribution is 6.03. The number of carbonyl (C=O) groups is 2. The largest absolute Gasteiger partial charge is 0.327 e. The number of rotatable bonds is 3. The predicted octanol–water partition coefficient (Wildman–Crippen LogP) is 2.60. The standard InChI is InChI=1S/C17H18N4O2/c1-20-11-4-12-21(17(20)23)14-8-6-13(7-9-14)19-16(22)15-5-2-3-10-18-15/h2-3,5-10H,4,11-12H2,1H3,(H,19,22). The first-order valence-electron chi connectivity index (χ1n) is 7.50. The smallest absolute Gasteiger partial charge is 0.324 e. The van der Waals surface area contributed by atoms with Crippen molar-refractivity contribution in [2.45, 2.75) is 6.42 Å². The van der Waals surface area contributed by atoms with Gasteiger partial charge in [0, 0.05) is 37.7 Å². The molecule has 0 radical (unpaired) electrons. The third kappa shape index (κ3) is 3.31. The van der Waals surface area contributed by atoms with Crippen LogP contribution in [0.3, 0.4) is 0 Å². The highest BCUT2D eigenvalue weighted by Crippen LogP contribution is 2.21. The lowest BCUT2D eigenvalue weighted by Crippen LogP contribution is -2.47. The topological polar surface area (TPSA) is 65.5 Å². The second-order valence-corrected chi connectivity index (χ2v) is 5.43. The van der Waals surface area contributed by atoms with Crippen LogP contribution in [0.5, 0.6) is 0 Å². The van der Waals surface area contributed by atoms with E-state index in [4.69, 9.17) is 0 Å². The number of amides is 3. The normalized spacial score (nSPS) is 14.7. The number of hydrogen-bond donors (Lipinski definition) is 1. The minimum atomic E-state index is -0.257. The number of nitrogens with zero attached hydrogens (tertiary/aromatic N) is 3. The molecule has 0 spiro atoms. The van der Waals surface area contributed by atoms with Crippen LogP contribution < -0.4 is 10.2 Å². The molecule has 1 aromatic heterocycles. The molecular weight excluding hydrogens is 292 g/mol. The summed E-state index contributed by atoms with van der Waals surface area (Å²) in [6.07, 6.45) is 2.52. The van der Waals surface area contributed by atoms with Gasteiger partial charge in [-0.3, -0.25) is 14.7 Å². The molecule has 0 atom stereocenters. The Morgan fingerprint density at radius 2 is 1.91 bits per heavy atom. The van der Waals surface area contributed by atoms with Crippen LogP contribution in [0, 0.1) is 0 Å². The zero-order valence-corrected chi connectivity index (χ0v) is 12.9. The molecule has 6 heteroatoms. The molecule has 1 aromatic carbocycles. The van der Waals surface area contributed by atoms with Crippen LogP contribution in [0.25, 0.3) is 0 Å². The quantitative estimate of drug-likeness (QED) is 0.947. The molecule has 1 aliphatic heterocycles. The van der Waals surface area contributed by atoms with Gasteiger partial charge in [0.25, 0.3) is 5.91 Å². The number of nitrogens with one attached hydrogen (secondary N) is 1. The Balaban J connectivity index is 1.70. The first-order valence-corrected chi connectivity index (χ1v) is 7.50. The van der Waals surface area contributed by atoms with Gasteiger partial charge in [-0.15, -0.1) is 0 Å². The van der Waals surface area contributed by atoms with Gasteiger partial charge in [-0.05, 0) is 42.8 Å². The molecule has 2 heterocycles. The summed E-state index contributed by atoms with van der Waals surface area (Å²) >= 11 is 0. The van der Waals surface area contributed by atoms with Crippen LogP contribution in [-0.4, -0.2) is 42.0 Å². The van der Waals surface area contributed by atoms with Crippen LogP contribution >= 0.6 is 0 Å². The first-order chi connectivity index (χ1) is 11.1. The molecule has 118 valence electrons. The Labute approximate surface area is 134 Å². The lowest BCUT2D eigenvalue weighted by molar-refractivity contribution is 0.102. The summed E-state index contributed by atoms with van der Waals surface area (Å²) in [4.78, 5) is 31.7. The number of benzene rings is 1. The lowest BCUT2D eigenvalue weighted by atomic mass is 10.2. The molecular formula is C17H18N4O2. The Kier molecular flexibility index (Phi) is 4.23. The molecule has 23 heavy (non-hydrogen) atoms. The van der Waals surface area contributed by atoms with Crippen LogP contribution in [0.15, 0.2) is 48.7 Å². The molecule has 3 amide bonds. The fourth-order valence-corrected chi connectivity index (χ4v) is 2.52. The van der Waals surface area contributed by atoms with E-state index < -0.39 is 0 Å². The van der Waals surface area contributed by atoms with Crippen LogP contribution in [-0.2, 0) is 0 Å². The van der Waals surface area contributed by atoms with Gasteiger partial charge in [0.05, 0.1) is 0 Å². The lowest BCUT2D eigenvalue weighted by Gasteiger charge is -2.33. The van der Waals surface area contributed by atoms with Crippen molar-refractivity contribution in [2.75, 3.05) is 30.4 Å². The molecule has 1 saturated heterocycles. The summed E-state index contributed by atoms with van der Waals surface area (Å²) in [5.41, 5.74) is 1.86. The van der Waals surface area contributed by atoms with Crippen molar-refractivity contribution < 1.29 is 9.59 Å². The number of pyridine rings is 1. The summed E-state index contributed by atoms with van der Waals surface area (Å²) in [6, 6.07) is 12.4. The number of carbonyl (C=O) groups excluding carboxylic acids is 2. The number of aromatic nitrogens is 1. The van der Waals surface area contributed by atoms with Gasteiger partial charge in [0.1, 0.15) is 5.69 Å². The van der Waals surface area contributed by atoms with Gasteiger partial charge in [-0.25, -0.2) is 4.79 Å². The van der Waals surface area contributed by atoms with E-state index in [0.29, 0.717) is 17.9 Å². The highest BCUT2D eigenvalue weighted by atomic mass is 16.2. The summed E-state index contributed by atoms with van der Waals surface area (Å²) < 4.78 is 0. The molecule has 0 aliphatic carbocycles. The molecule has 0 bridgehead atoms. The van der Waals surface area contributed by atoms with E-state index in [1.807, 2.05) is 12.1 Å². The van der Waals surface area contributed by atoms with Crippen molar-refractivity contribution >= 4 is 23.3 Å². The van der Waals surface area contributed by atoms with E-state index in [9.17, 15) is 9.59 Å². The average molecular weight is 310 g/mol. The number of urea groups is 1. The minimum Gasteiger partial charge on any atom is -0.327 e. The fraction of sp³-hybridized carbons (Fsp3) is 0.235. The van der Waals surface area contributed by atoms with E-state index in [2.05, 4.69) is 10.3 Å². The second kappa shape index (κ2) is 6.48. The summed E-state index contributed by atoms with van der Waals surface area (Å²) in [5.74, 6) is -0.257. The van der Waals surface area contributed by atoms with Gasteiger partial charge in [0.15, 0.2) is 0 Å². The summed E-state index contributed by atoms with van der Waals surface area (Å²) in [6.45, 7) is 1.50. The maximum Gasteiger partial charge on any atom is 0.324 e. The molecule has 2 aromatic rings. The Hall–Kier alpha value is -2.89. The van der Waals surface area contributed by atoms with Crippen LogP contribution in [0.2, 0.25) is 0 Å². The van der Waals surface area contributed by atoms with Crippen molar-refractivity contribution in [3.05, 3.63) is 54.4 Å². The predicted molar refractivity (Wildman–Crippen MR) is 88.6 cm³/mol. The number of hydrogen-bond acceptors (Lipinski definition) is 3. The Bertz CT molecular complexity index is 700. The minimum absolute atomic E-state index is 0.00141. The third-order valence-electron chi connectivity index (χ3n) is 3.77. The highest BCUT2D eigenvalue weighted by Gasteiger charge is 2.23. The first kappa shape index (κ1) is 15.0. The molecule has 3 rings (SSSR count). The van der Waals surface area contributed by atoms with Crippen molar-refractivity contribution in [1.82, 2.24) is 9.88 Å². The molecule has 0 unspecified atom stereocenters. The van der Waals surface area contributed by atoms with Gasteiger partial charge in [-0.2, -0.15) is 0 Å².